The lowest BCUT2D eigenvalue weighted by atomic mass is 10.0. The SMILES string of the molecule is C=C/C=C(\C=C/C)Nc1nnc(Cc2ccncc2)c2ccccc12. The fourth-order valence-electron chi connectivity index (χ4n) is 2.66. The van der Waals surface area contributed by atoms with Crippen LogP contribution in [0.5, 0.6) is 0 Å². The lowest BCUT2D eigenvalue weighted by Gasteiger charge is -2.11. The number of rotatable bonds is 6. The van der Waals surface area contributed by atoms with E-state index in [1.54, 1.807) is 18.5 Å². The van der Waals surface area contributed by atoms with E-state index in [2.05, 4.69) is 39.2 Å². The smallest absolute Gasteiger partial charge is 0.160 e. The number of nitrogens with one attached hydrogen (secondary N) is 1. The zero-order valence-corrected chi connectivity index (χ0v) is 14.2. The zero-order chi connectivity index (χ0) is 17.5. The van der Waals surface area contributed by atoms with Gasteiger partial charge in [-0.05, 0) is 36.8 Å². The molecule has 1 aromatic carbocycles. The van der Waals surface area contributed by atoms with E-state index in [9.17, 15) is 0 Å². The molecule has 0 saturated carbocycles. The number of hydrogen-bond donors (Lipinski definition) is 1. The average molecular weight is 328 g/mol. The van der Waals surface area contributed by atoms with Crippen LogP contribution >= 0.6 is 0 Å². The van der Waals surface area contributed by atoms with Crippen LogP contribution in [0.25, 0.3) is 10.8 Å². The van der Waals surface area contributed by atoms with Gasteiger partial charge in [-0.1, -0.05) is 43.0 Å². The second-order valence-corrected chi connectivity index (χ2v) is 5.56. The van der Waals surface area contributed by atoms with Crippen LogP contribution in [0, 0.1) is 0 Å². The molecule has 1 N–H and O–H groups in total. The molecule has 0 fully saturated rings. The Hall–Kier alpha value is -3.27. The Morgan fingerprint density at radius 1 is 1.08 bits per heavy atom. The average Bonchev–Trinajstić information content (AvgIpc) is 2.65. The molecule has 3 rings (SSSR count). The number of hydrogen-bond acceptors (Lipinski definition) is 4. The molecular weight excluding hydrogens is 308 g/mol. The molecule has 0 aliphatic rings. The molecule has 0 saturated heterocycles. The van der Waals surface area contributed by atoms with E-state index < -0.39 is 0 Å². The summed E-state index contributed by atoms with van der Waals surface area (Å²) in [6.07, 6.45) is 11.9. The fourth-order valence-corrected chi connectivity index (χ4v) is 2.66. The van der Waals surface area contributed by atoms with Crippen molar-refractivity contribution < 1.29 is 0 Å². The number of benzene rings is 1. The van der Waals surface area contributed by atoms with Gasteiger partial charge < -0.3 is 5.32 Å². The van der Waals surface area contributed by atoms with Crippen molar-refractivity contribution in [1.29, 1.82) is 0 Å². The molecule has 0 aliphatic carbocycles. The Balaban J connectivity index is 2.01. The maximum absolute atomic E-state index is 4.47. The summed E-state index contributed by atoms with van der Waals surface area (Å²) < 4.78 is 0. The van der Waals surface area contributed by atoms with Gasteiger partial charge in [-0.25, -0.2) is 0 Å². The van der Waals surface area contributed by atoms with Crippen molar-refractivity contribution in [3.63, 3.8) is 0 Å². The van der Waals surface area contributed by atoms with Crippen LogP contribution < -0.4 is 5.32 Å². The van der Waals surface area contributed by atoms with Crippen molar-refractivity contribution in [2.24, 2.45) is 0 Å². The molecule has 4 nitrogen and oxygen atoms in total. The first-order valence-corrected chi connectivity index (χ1v) is 8.17. The highest BCUT2D eigenvalue weighted by atomic mass is 15.2. The van der Waals surface area contributed by atoms with Gasteiger partial charge in [-0.15, -0.1) is 5.10 Å². The van der Waals surface area contributed by atoms with Crippen LogP contribution in [-0.4, -0.2) is 15.2 Å². The predicted octanol–water partition coefficient (Wildman–Crippen LogP) is 4.67. The van der Waals surface area contributed by atoms with Crippen molar-refractivity contribution in [3.8, 4) is 0 Å². The standard InChI is InChI=1S/C21H20N4/c1-3-7-17(8-4-2)23-21-19-10-6-5-9-18(19)20(24-25-21)15-16-11-13-22-14-12-16/h3-14H,1,15H2,2H3,(H,23,25)/b8-4-,17-7+. The minimum Gasteiger partial charge on any atom is -0.338 e. The summed E-state index contributed by atoms with van der Waals surface area (Å²) in [6, 6.07) is 12.2. The van der Waals surface area contributed by atoms with Gasteiger partial charge in [0.25, 0.3) is 0 Å². The molecule has 2 heterocycles. The Morgan fingerprint density at radius 2 is 1.84 bits per heavy atom. The third kappa shape index (κ3) is 3.98. The van der Waals surface area contributed by atoms with Gasteiger partial charge in [-0.3, -0.25) is 4.98 Å². The lowest BCUT2D eigenvalue weighted by molar-refractivity contribution is 0.959. The summed E-state index contributed by atoms with van der Waals surface area (Å²) >= 11 is 0. The molecule has 0 amide bonds. The molecule has 124 valence electrons. The topological polar surface area (TPSA) is 50.7 Å². The second-order valence-electron chi connectivity index (χ2n) is 5.56. The summed E-state index contributed by atoms with van der Waals surface area (Å²) in [5.74, 6) is 0.736. The van der Waals surface area contributed by atoms with Gasteiger partial charge in [0.2, 0.25) is 0 Å². The lowest BCUT2D eigenvalue weighted by Crippen LogP contribution is -2.04. The Labute approximate surface area is 147 Å². The van der Waals surface area contributed by atoms with Crippen LogP contribution in [0.4, 0.5) is 5.82 Å². The monoisotopic (exact) mass is 328 g/mol. The summed E-state index contributed by atoms with van der Waals surface area (Å²) in [4.78, 5) is 4.06. The Morgan fingerprint density at radius 3 is 2.56 bits per heavy atom. The van der Waals surface area contributed by atoms with E-state index in [-0.39, 0.29) is 0 Å². The van der Waals surface area contributed by atoms with Crippen LogP contribution in [-0.2, 0) is 6.42 Å². The van der Waals surface area contributed by atoms with E-state index in [4.69, 9.17) is 0 Å². The van der Waals surface area contributed by atoms with Gasteiger partial charge in [0, 0.05) is 35.3 Å². The molecule has 0 bridgehead atoms. The predicted molar refractivity (Wildman–Crippen MR) is 103 cm³/mol. The molecule has 4 heteroatoms. The van der Waals surface area contributed by atoms with Gasteiger partial charge in [0.15, 0.2) is 5.82 Å². The zero-order valence-electron chi connectivity index (χ0n) is 14.2. The molecular formula is C21H20N4. The first kappa shape index (κ1) is 16.6. The fraction of sp³-hybridized carbons (Fsp3) is 0.0952. The van der Waals surface area contributed by atoms with Crippen molar-refractivity contribution in [2.75, 3.05) is 5.32 Å². The van der Waals surface area contributed by atoms with Crippen molar-refractivity contribution >= 4 is 16.6 Å². The number of pyridine rings is 1. The summed E-state index contributed by atoms with van der Waals surface area (Å²) in [6.45, 7) is 5.73. The molecule has 2 aromatic heterocycles. The van der Waals surface area contributed by atoms with E-state index >= 15 is 0 Å². The molecule has 0 atom stereocenters. The molecule has 0 radical (unpaired) electrons. The Kier molecular flexibility index (Phi) is 5.32. The van der Waals surface area contributed by atoms with Crippen LogP contribution in [0.2, 0.25) is 0 Å². The first-order valence-electron chi connectivity index (χ1n) is 8.17. The van der Waals surface area contributed by atoms with Gasteiger partial charge >= 0.3 is 0 Å². The molecule has 25 heavy (non-hydrogen) atoms. The molecule has 0 spiro atoms. The van der Waals surface area contributed by atoms with Crippen LogP contribution in [0.3, 0.4) is 0 Å². The number of anilines is 1. The molecule has 3 aromatic rings. The quantitative estimate of drug-likeness (QED) is 0.668. The minimum absolute atomic E-state index is 0.723. The number of aromatic nitrogens is 3. The first-order chi connectivity index (χ1) is 12.3. The third-order valence-corrected chi connectivity index (χ3v) is 3.79. The van der Waals surface area contributed by atoms with Gasteiger partial charge in [-0.2, -0.15) is 5.10 Å². The molecule has 0 aliphatic heterocycles. The summed E-state index contributed by atoms with van der Waals surface area (Å²) in [5, 5.41) is 14.4. The van der Waals surface area contributed by atoms with Crippen molar-refractivity contribution in [1.82, 2.24) is 15.2 Å². The Bertz CT molecular complexity index is 927. The summed E-state index contributed by atoms with van der Waals surface area (Å²) in [5.41, 5.74) is 3.03. The highest BCUT2D eigenvalue weighted by Crippen LogP contribution is 2.25. The highest BCUT2D eigenvalue weighted by molar-refractivity contribution is 5.93. The van der Waals surface area contributed by atoms with E-state index in [0.717, 1.165) is 40.0 Å². The number of fused-ring (bicyclic) bond motifs is 1. The number of nitrogens with zero attached hydrogens (tertiary/aromatic N) is 3. The maximum atomic E-state index is 4.47. The van der Waals surface area contributed by atoms with E-state index in [0.29, 0.717) is 0 Å². The van der Waals surface area contributed by atoms with E-state index in [1.807, 2.05) is 49.4 Å². The van der Waals surface area contributed by atoms with Gasteiger partial charge in [0.05, 0.1) is 5.69 Å². The molecule has 0 unspecified atom stereocenters. The highest BCUT2D eigenvalue weighted by Gasteiger charge is 2.10. The van der Waals surface area contributed by atoms with Crippen molar-refractivity contribution in [2.45, 2.75) is 13.3 Å². The van der Waals surface area contributed by atoms with Crippen LogP contribution in [0.1, 0.15) is 18.2 Å². The van der Waals surface area contributed by atoms with Crippen LogP contribution in [0.15, 0.2) is 85.4 Å². The second kappa shape index (κ2) is 8.02. The minimum atomic E-state index is 0.723. The van der Waals surface area contributed by atoms with Crippen molar-refractivity contribution in [3.05, 3.63) is 96.6 Å². The normalized spacial score (nSPS) is 11.8. The maximum Gasteiger partial charge on any atom is 0.160 e. The largest absolute Gasteiger partial charge is 0.338 e. The number of allylic oxidation sites excluding steroid dienone is 4. The van der Waals surface area contributed by atoms with E-state index in [1.165, 1.54) is 0 Å². The summed E-state index contributed by atoms with van der Waals surface area (Å²) in [7, 11) is 0. The third-order valence-electron chi connectivity index (χ3n) is 3.79. The van der Waals surface area contributed by atoms with Gasteiger partial charge in [0.1, 0.15) is 0 Å².